The lowest BCUT2D eigenvalue weighted by Crippen LogP contribution is -2.47. The summed E-state index contributed by atoms with van der Waals surface area (Å²) in [4.78, 5) is 22.2. The second kappa shape index (κ2) is 11.4. The third-order valence-electron chi connectivity index (χ3n) is 7.83. The molecule has 4 aromatic heterocycles. The van der Waals surface area contributed by atoms with Gasteiger partial charge < -0.3 is 19.3 Å². The second-order valence-corrected chi connectivity index (χ2v) is 11.5. The molecular weight excluding hydrogens is 590 g/mol. The van der Waals surface area contributed by atoms with Gasteiger partial charge in [-0.25, -0.2) is 9.97 Å². The summed E-state index contributed by atoms with van der Waals surface area (Å²) in [6.07, 6.45) is 5.10. The predicted octanol–water partition coefficient (Wildman–Crippen LogP) is 6.86. The second-order valence-electron chi connectivity index (χ2n) is 10.6. The van der Waals surface area contributed by atoms with Crippen LogP contribution in [-0.2, 0) is 12.8 Å². The fraction of sp³-hybridized carbons (Fsp3) is 0.212. The summed E-state index contributed by atoms with van der Waals surface area (Å²) in [6.45, 7) is 5.74. The Morgan fingerprint density at radius 3 is 2.31 bits per heavy atom. The first kappa shape index (κ1) is 26.4. The van der Waals surface area contributed by atoms with Gasteiger partial charge in [0.15, 0.2) is 0 Å². The van der Waals surface area contributed by atoms with Crippen LogP contribution >= 0.6 is 15.9 Å². The van der Waals surface area contributed by atoms with Crippen LogP contribution in [0.4, 0.5) is 11.6 Å². The van der Waals surface area contributed by atoms with Crippen molar-refractivity contribution in [1.29, 1.82) is 0 Å². The molecule has 1 fully saturated rings. The molecule has 0 radical (unpaired) electrons. The molecule has 9 heteroatoms. The molecule has 0 unspecified atom stereocenters. The van der Waals surface area contributed by atoms with Gasteiger partial charge >= 0.3 is 0 Å². The first-order chi connectivity index (χ1) is 20.6. The lowest BCUT2D eigenvalue weighted by Gasteiger charge is -2.36. The van der Waals surface area contributed by atoms with Crippen LogP contribution < -0.4 is 9.80 Å². The maximum Gasteiger partial charge on any atom is 0.227 e. The number of nitrogens with one attached hydrogen (secondary N) is 1. The van der Waals surface area contributed by atoms with Crippen molar-refractivity contribution in [3.8, 4) is 22.6 Å². The Morgan fingerprint density at radius 1 is 0.833 bits per heavy atom. The Bertz CT molecular complexity index is 1810. The van der Waals surface area contributed by atoms with E-state index in [1.54, 1.807) is 0 Å². The van der Waals surface area contributed by atoms with Crippen LogP contribution in [0.25, 0.3) is 33.5 Å². The smallest absolute Gasteiger partial charge is 0.227 e. The van der Waals surface area contributed by atoms with E-state index in [1.165, 1.54) is 16.5 Å². The molecule has 1 saturated heterocycles. The Labute approximate surface area is 252 Å². The molecule has 42 heavy (non-hydrogen) atoms. The van der Waals surface area contributed by atoms with Gasteiger partial charge in [-0.05, 0) is 73.0 Å². The van der Waals surface area contributed by atoms with Crippen LogP contribution in [0.1, 0.15) is 17.0 Å². The molecule has 7 rings (SSSR count). The molecule has 1 aliphatic heterocycles. The van der Waals surface area contributed by atoms with Crippen molar-refractivity contribution in [2.45, 2.75) is 19.8 Å². The summed E-state index contributed by atoms with van der Waals surface area (Å²) in [5.74, 6) is 3.16. The van der Waals surface area contributed by atoms with Gasteiger partial charge in [0.1, 0.15) is 11.6 Å². The molecule has 210 valence electrons. The standard InChI is InChI=1S/C33H30BrN7O/c1-22-5-12-28-27(20-22)26(32(37-28)23-6-9-25(34)10-7-23)11-14-31-38-33(39-42-31)24-8-13-30(36-21-24)41-18-16-40(17-19-41)29-4-2-3-15-35-29/h2-10,12-13,15,20-21,37H,11,14,16-19H2,1H3. The van der Waals surface area contributed by atoms with Gasteiger partial charge in [-0.15, -0.1) is 0 Å². The number of fused-ring (bicyclic) bond motifs is 1. The number of rotatable bonds is 7. The molecule has 0 aliphatic carbocycles. The first-order valence-electron chi connectivity index (χ1n) is 14.2. The Balaban J connectivity index is 1.04. The average molecular weight is 621 g/mol. The van der Waals surface area contributed by atoms with E-state index in [0.717, 1.165) is 71.0 Å². The van der Waals surface area contributed by atoms with Crippen LogP contribution in [-0.4, -0.2) is 51.3 Å². The van der Waals surface area contributed by atoms with Crippen LogP contribution in [0.3, 0.4) is 0 Å². The van der Waals surface area contributed by atoms with Crippen molar-refractivity contribution in [3.05, 3.63) is 107 Å². The van der Waals surface area contributed by atoms with Gasteiger partial charge in [0.25, 0.3) is 0 Å². The Morgan fingerprint density at radius 2 is 1.60 bits per heavy atom. The minimum absolute atomic E-state index is 0.562. The molecule has 5 heterocycles. The van der Waals surface area contributed by atoms with Crippen molar-refractivity contribution < 1.29 is 4.52 Å². The van der Waals surface area contributed by atoms with Gasteiger partial charge in [-0.1, -0.05) is 50.9 Å². The first-order valence-corrected chi connectivity index (χ1v) is 15.0. The number of H-pyrrole nitrogens is 1. The Hall–Kier alpha value is -4.50. The summed E-state index contributed by atoms with van der Waals surface area (Å²) in [6, 6.07) is 25.0. The van der Waals surface area contributed by atoms with Gasteiger partial charge in [0.2, 0.25) is 11.7 Å². The van der Waals surface area contributed by atoms with Gasteiger partial charge in [0, 0.05) is 71.6 Å². The molecule has 0 amide bonds. The zero-order valence-corrected chi connectivity index (χ0v) is 24.9. The van der Waals surface area contributed by atoms with Crippen LogP contribution in [0.2, 0.25) is 0 Å². The quantitative estimate of drug-likeness (QED) is 0.209. The zero-order valence-electron chi connectivity index (χ0n) is 23.3. The summed E-state index contributed by atoms with van der Waals surface area (Å²) in [7, 11) is 0. The number of aryl methyl sites for hydroxylation is 3. The van der Waals surface area contributed by atoms with E-state index in [0.29, 0.717) is 18.1 Å². The molecule has 1 N–H and O–H groups in total. The fourth-order valence-electron chi connectivity index (χ4n) is 5.60. The molecule has 0 atom stereocenters. The number of nitrogens with zero attached hydrogens (tertiary/aromatic N) is 6. The zero-order chi connectivity index (χ0) is 28.5. The van der Waals surface area contributed by atoms with Gasteiger partial charge in [-0.2, -0.15) is 4.98 Å². The third kappa shape index (κ3) is 5.39. The van der Waals surface area contributed by atoms with E-state index in [4.69, 9.17) is 14.5 Å². The van der Waals surface area contributed by atoms with Crippen LogP contribution in [0.5, 0.6) is 0 Å². The van der Waals surface area contributed by atoms with E-state index in [-0.39, 0.29) is 0 Å². The van der Waals surface area contributed by atoms with Crippen molar-refractivity contribution in [2.75, 3.05) is 36.0 Å². The Kier molecular flexibility index (Phi) is 7.17. The molecule has 0 bridgehead atoms. The maximum atomic E-state index is 5.69. The number of hydrogen-bond acceptors (Lipinski definition) is 7. The number of anilines is 2. The molecular formula is C33H30BrN7O. The largest absolute Gasteiger partial charge is 0.354 e. The molecule has 2 aromatic carbocycles. The lowest BCUT2D eigenvalue weighted by atomic mass is 10.0. The minimum Gasteiger partial charge on any atom is -0.354 e. The van der Waals surface area contributed by atoms with Crippen LogP contribution in [0, 0.1) is 6.92 Å². The summed E-state index contributed by atoms with van der Waals surface area (Å²) in [5.41, 5.74) is 6.74. The highest BCUT2D eigenvalue weighted by atomic mass is 79.9. The summed E-state index contributed by atoms with van der Waals surface area (Å²) >= 11 is 3.55. The highest BCUT2D eigenvalue weighted by Gasteiger charge is 2.20. The topological polar surface area (TPSA) is 87.0 Å². The SMILES string of the molecule is Cc1ccc2[nH]c(-c3ccc(Br)cc3)c(CCc3nc(-c4ccc(N5CCN(c6ccccn6)CC5)nc4)no3)c2c1. The average Bonchev–Trinajstić information content (AvgIpc) is 3.66. The number of pyridine rings is 2. The minimum atomic E-state index is 0.562. The fourth-order valence-corrected chi connectivity index (χ4v) is 5.86. The number of aromatic amines is 1. The van der Waals surface area contributed by atoms with E-state index in [1.807, 2.05) is 36.7 Å². The molecule has 8 nitrogen and oxygen atoms in total. The highest BCUT2D eigenvalue weighted by molar-refractivity contribution is 9.10. The number of halogens is 1. The lowest BCUT2D eigenvalue weighted by molar-refractivity contribution is 0.379. The monoisotopic (exact) mass is 619 g/mol. The van der Waals surface area contributed by atoms with Crippen molar-refractivity contribution in [1.82, 2.24) is 25.1 Å². The number of hydrogen-bond donors (Lipinski definition) is 1. The highest BCUT2D eigenvalue weighted by Crippen LogP contribution is 2.33. The van der Waals surface area contributed by atoms with E-state index in [9.17, 15) is 0 Å². The van der Waals surface area contributed by atoms with E-state index in [2.05, 4.69) is 96.3 Å². The van der Waals surface area contributed by atoms with Crippen LogP contribution in [0.15, 0.2) is 94.2 Å². The third-order valence-corrected chi connectivity index (χ3v) is 8.36. The number of piperazine rings is 1. The predicted molar refractivity (Wildman–Crippen MR) is 170 cm³/mol. The van der Waals surface area contributed by atoms with Gasteiger partial charge in [0.05, 0.1) is 0 Å². The normalized spacial score (nSPS) is 13.7. The molecule has 6 aromatic rings. The maximum absolute atomic E-state index is 5.69. The van der Waals surface area contributed by atoms with Crippen molar-refractivity contribution in [2.24, 2.45) is 0 Å². The van der Waals surface area contributed by atoms with E-state index >= 15 is 0 Å². The van der Waals surface area contributed by atoms with Crippen molar-refractivity contribution in [3.63, 3.8) is 0 Å². The number of benzene rings is 2. The number of aromatic nitrogens is 5. The molecule has 0 spiro atoms. The molecule has 0 saturated carbocycles. The summed E-state index contributed by atoms with van der Waals surface area (Å²) in [5, 5.41) is 5.50. The van der Waals surface area contributed by atoms with Crippen molar-refractivity contribution >= 4 is 38.5 Å². The van der Waals surface area contributed by atoms with Gasteiger partial charge in [-0.3, -0.25) is 0 Å². The molecule has 1 aliphatic rings. The summed E-state index contributed by atoms with van der Waals surface area (Å²) < 4.78 is 6.75. The van der Waals surface area contributed by atoms with E-state index < -0.39 is 0 Å².